The highest BCUT2D eigenvalue weighted by molar-refractivity contribution is 6.38. The molecule has 254 valence electrons. The Hall–Kier alpha value is -3.96. The molecule has 1 saturated carbocycles. The summed E-state index contributed by atoms with van der Waals surface area (Å²) in [7, 11) is 0. The van der Waals surface area contributed by atoms with Crippen molar-refractivity contribution in [2.45, 2.75) is 105 Å². The van der Waals surface area contributed by atoms with Crippen LogP contribution in [0.3, 0.4) is 0 Å². The van der Waals surface area contributed by atoms with Crippen LogP contribution in [-0.4, -0.2) is 77.2 Å². The molecule has 2 fully saturated rings. The predicted molar refractivity (Wildman–Crippen MR) is 173 cm³/mol. The Labute approximate surface area is 272 Å². The molecule has 1 aromatic carbocycles. The van der Waals surface area contributed by atoms with Crippen molar-refractivity contribution < 1.29 is 33.5 Å². The van der Waals surface area contributed by atoms with E-state index >= 15 is 0 Å². The minimum absolute atomic E-state index is 0.0394. The fourth-order valence-corrected chi connectivity index (χ4v) is 6.15. The van der Waals surface area contributed by atoms with E-state index in [0.717, 1.165) is 0 Å². The first kappa shape index (κ1) is 36.5. The van der Waals surface area contributed by atoms with E-state index in [-0.39, 0.29) is 42.5 Å². The van der Waals surface area contributed by atoms with Gasteiger partial charge in [0.05, 0.1) is 6.04 Å². The number of fused-ring (bicyclic) bond motifs is 1. The number of carbonyl (C=O) groups excluding carboxylic acids is 6. The minimum Gasteiger partial charge on any atom is -0.444 e. The molecule has 5 amide bonds. The van der Waals surface area contributed by atoms with Crippen molar-refractivity contribution >= 4 is 41.2 Å². The van der Waals surface area contributed by atoms with Crippen LogP contribution in [0, 0.1) is 22.7 Å². The maximum atomic E-state index is 14.0. The Morgan fingerprint density at radius 2 is 1.61 bits per heavy atom. The van der Waals surface area contributed by atoms with Crippen LogP contribution in [0.4, 0.5) is 10.5 Å². The highest BCUT2D eigenvalue weighted by Gasteiger charge is 2.70. The normalized spacial score (nSPS) is 21.2. The minimum atomic E-state index is -1.10. The summed E-state index contributed by atoms with van der Waals surface area (Å²) in [5.41, 5.74) is -1.04. The van der Waals surface area contributed by atoms with Gasteiger partial charge in [-0.05, 0) is 62.0 Å². The molecule has 0 aromatic heterocycles. The number of Topliss-reactive ketones (excluding diaryl/α,β-unsaturated/α-hetero) is 1. The zero-order chi connectivity index (χ0) is 34.6. The number of piperidine rings is 1. The monoisotopic (exact) mass is 641 g/mol. The van der Waals surface area contributed by atoms with Crippen molar-refractivity contribution in [3.63, 3.8) is 0 Å². The lowest BCUT2D eigenvalue weighted by molar-refractivity contribution is -0.145. The van der Waals surface area contributed by atoms with E-state index < -0.39 is 58.7 Å². The lowest BCUT2D eigenvalue weighted by Crippen LogP contribution is -2.60. The Morgan fingerprint density at radius 3 is 2.17 bits per heavy atom. The molecule has 4 N–H and O–H groups in total. The molecule has 1 aromatic rings. The summed E-state index contributed by atoms with van der Waals surface area (Å²) in [4.78, 5) is 80.4. The number of nitrogens with one attached hydrogen (secondary N) is 4. The topological polar surface area (TPSA) is 163 Å². The number of likely N-dealkylation sites (tertiary alicyclic amines) is 1. The number of ether oxygens (including phenoxy) is 1. The van der Waals surface area contributed by atoms with Crippen molar-refractivity contribution in [2.75, 3.05) is 18.4 Å². The average molecular weight is 642 g/mol. The summed E-state index contributed by atoms with van der Waals surface area (Å²) < 4.78 is 5.41. The summed E-state index contributed by atoms with van der Waals surface area (Å²) in [6.45, 7) is 16.8. The highest BCUT2D eigenvalue weighted by Crippen LogP contribution is 2.65. The summed E-state index contributed by atoms with van der Waals surface area (Å²) in [5.74, 6) is -3.04. The smallest absolute Gasteiger partial charge is 0.408 e. The zero-order valence-electron chi connectivity index (χ0n) is 28.6. The number of hydrogen-bond donors (Lipinski definition) is 4. The fourth-order valence-electron chi connectivity index (χ4n) is 6.15. The zero-order valence-corrected chi connectivity index (χ0v) is 28.6. The number of para-hydroxylation sites is 1. The Kier molecular flexibility index (Phi) is 11.3. The van der Waals surface area contributed by atoms with Gasteiger partial charge in [0.2, 0.25) is 23.5 Å². The second-order valence-electron chi connectivity index (χ2n) is 15.0. The van der Waals surface area contributed by atoms with Crippen LogP contribution < -0.4 is 21.3 Å². The van der Waals surface area contributed by atoms with Gasteiger partial charge in [-0.1, -0.05) is 66.2 Å². The second kappa shape index (κ2) is 14.2. The van der Waals surface area contributed by atoms with Crippen molar-refractivity contribution in [3.05, 3.63) is 30.3 Å². The van der Waals surface area contributed by atoms with Crippen LogP contribution in [0.25, 0.3) is 0 Å². The van der Waals surface area contributed by atoms with Gasteiger partial charge in [0.15, 0.2) is 0 Å². The molecule has 46 heavy (non-hydrogen) atoms. The van der Waals surface area contributed by atoms with Crippen LogP contribution in [0.15, 0.2) is 30.3 Å². The summed E-state index contributed by atoms with van der Waals surface area (Å²) >= 11 is 0. The molecule has 1 aliphatic heterocycles. The number of rotatable bonds is 12. The SMILES string of the molecule is CCCC(NC(=O)C1C2C(CN1C(=O)C(NC(=O)OC(C)(C)C)C(C)(C)C)C2(C)C)C(=O)C(=O)NCCC(=O)Nc1ccccc1. The molecule has 2 aliphatic rings. The van der Waals surface area contributed by atoms with E-state index in [4.69, 9.17) is 4.74 Å². The van der Waals surface area contributed by atoms with Gasteiger partial charge >= 0.3 is 6.09 Å². The highest BCUT2D eigenvalue weighted by atomic mass is 16.6. The lowest BCUT2D eigenvalue weighted by Gasteiger charge is -2.38. The molecule has 5 unspecified atom stereocenters. The number of anilines is 1. The van der Waals surface area contributed by atoms with E-state index in [1.807, 2.05) is 47.6 Å². The number of hydrogen-bond acceptors (Lipinski definition) is 7. The molecule has 1 aliphatic carbocycles. The maximum Gasteiger partial charge on any atom is 0.408 e. The third kappa shape index (κ3) is 9.07. The standard InChI is InChI=1S/C34H51N5O7/c1-10-14-22(26(41)29(43)35-18-17-23(40)36-20-15-12-11-13-16-20)37-28(42)25-24-21(34(24,8)9)19-39(25)30(44)27(32(2,3)4)38-31(45)46-33(5,6)7/h11-13,15-16,21-22,24-25,27H,10,14,17-19H2,1-9H3,(H,35,43)(H,36,40)(H,37,42)(H,38,45). The Bertz CT molecular complexity index is 1320. The third-order valence-electron chi connectivity index (χ3n) is 8.66. The van der Waals surface area contributed by atoms with Crippen LogP contribution in [0.2, 0.25) is 0 Å². The number of carbonyl (C=O) groups is 6. The van der Waals surface area contributed by atoms with Gasteiger partial charge in [-0.2, -0.15) is 0 Å². The number of amides is 5. The summed E-state index contributed by atoms with van der Waals surface area (Å²) in [5, 5.41) is 10.7. The van der Waals surface area contributed by atoms with E-state index in [1.54, 1.807) is 45.0 Å². The number of ketones is 1. The van der Waals surface area contributed by atoms with Crippen LogP contribution in [0.5, 0.6) is 0 Å². The van der Waals surface area contributed by atoms with Gasteiger partial charge in [0.25, 0.3) is 5.91 Å². The van der Waals surface area contributed by atoms with E-state index in [9.17, 15) is 28.8 Å². The fraction of sp³-hybridized carbons (Fsp3) is 0.647. The lowest BCUT2D eigenvalue weighted by atomic mass is 9.85. The molecular formula is C34H51N5O7. The summed E-state index contributed by atoms with van der Waals surface area (Å²) in [6.07, 6.45) is -0.0403. The van der Waals surface area contributed by atoms with Gasteiger partial charge < -0.3 is 30.9 Å². The molecule has 12 heteroatoms. The molecule has 0 spiro atoms. The number of benzene rings is 1. The van der Waals surface area contributed by atoms with Crippen LogP contribution >= 0.6 is 0 Å². The average Bonchev–Trinajstić information content (AvgIpc) is 3.26. The Morgan fingerprint density at radius 1 is 0.978 bits per heavy atom. The van der Waals surface area contributed by atoms with Crippen molar-refractivity contribution in [2.24, 2.45) is 22.7 Å². The van der Waals surface area contributed by atoms with Gasteiger partial charge in [-0.25, -0.2) is 4.79 Å². The quantitative estimate of drug-likeness (QED) is 0.254. The van der Waals surface area contributed by atoms with Crippen molar-refractivity contribution in [3.8, 4) is 0 Å². The molecule has 0 radical (unpaired) electrons. The van der Waals surface area contributed by atoms with Crippen molar-refractivity contribution in [1.29, 1.82) is 0 Å². The predicted octanol–water partition coefficient (Wildman–Crippen LogP) is 3.41. The first-order chi connectivity index (χ1) is 21.3. The molecule has 1 heterocycles. The molecular weight excluding hydrogens is 590 g/mol. The molecule has 3 rings (SSSR count). The molecule has 12 nitrogen and oxygen atoms in total. The Balaban J connectivity index is 1.69. The third-order valence-corrected chi connectivity index (χ3v) is 8.66. The van der Waals surface area contributed by atoms with Gasteiger partial charge in [0, 0.05) is 25.2 Å². The second-order valence-corrected chi connectivity index (χ2v) is 15.0. The van der Waals surface area contributed by atoms with Gasteiger partial charge in [-0.15, -0.1) is 0 Å². The van der Waals surface area contributed by atoms with Gasteiger partial charge in [0.1, 0.15) is 17.7 Å². The first-order valence-corrected chi connectivity index (χ1v) is 16.0. The molecule has 5 atom stereocenters. The molecule has 1 saturated heterocycles. The van der Waals surface area contributed by atoms with E-state index in [2.05, 4.69) is 21.3 Å². The number of nitrogens with zero attached hydrogens (tertiary/aromatic N) is 1. The van der Waals surface area contributed by atoms with Crippen LogP contribution in [-0.2, 0) is 28.7 Å². The first-order valence-electron chi connectivity index (χ1n) is 16.0. The van der Waals surface area contributed by atoms with Crippen molar-refractivity contribution in [1.82, 2.24) is 20.9 Å². The summed E-state index contributed by atoms with van der Waals surface area (Å²) in [6, 6.07) is 5.91. The van der Waals surface area contributed by atoms with E-state index in [1.165, 1.54) is 4.90 Å². The molecule has 0 bridgehead atoms. The maximum absolute atomic E-state index is 14.0. The van der Waals surface area contributed by atoms with Gasteiger partial charge in [-0.3, -0.25) is 24.0 Å². The van der Waals surface area contributed by atoms with Crippen LogP contribution in [0.1, 0.15) is 81.6 Å². The largest absolute Gasteiger partial charge is 0.444 e. The van der Waals surface area contributed by atoms with E-state index in [0.29, 0.717) is 18.7 Å². The number of alkyl carbamates (subject to hydrolysis) is 1.